The van der Waals surface area contributed by atoms with E-state index < -0.39 is 0 Å². The summed E-state index contributed by atoms with van der Waals surface area (Å²) in [5.41, 5.74) is 1.52. The van der Waals surface area contributed by atoms with E-state index in [2.05, 4.69) is 78.4 Å². The van der Waals surface area contributed by atoms with Gasteiger partial charge in [-0.3, -0.25) is 0 Å². The van der Waals surface area contributed by atoms with Crippen LogP contribution in [0.5, 0.6) is 0 Å². The third kappa shape index (κ3) is 3.02. The molecule has 0 N–H and O–H groups in total. The van der Waals surface area contributed by atoms with Crippen molar-refractivity contribution in [1.82, 2.24) is 4.98 Å². The van der Waals surface area contributed by atoms with Gasteiger partial charge in [0.1, 0.15) is 5.82 Å². The molecule has 22 heavy (non-hydrogen) atoms. The molecule has 1 aliphatic rings. The van der Waals surface area contributed by atoms with Crippen molar-refractivity contribution >= 4 is 18.4 Å². The maximum absolute atomic E-state index is 6.12. The topological polar surface area (TPSA) is 34.6 Å². The highest BCUT2D eigenvalue weighted by atomic mass is 16.7. The Morgan fingerprint density at radius 3 is 2.00 bits per heavy atom. The van der Waals surface area contributed by atoms with E-state index in [9.17, 15) is 0 Å². The highest BCUT2D eigenvalue weighted by molar-refractivity contribution is 6.62. The molecule has 0 atom stereocenters. The predicted molar refractivity (Wildman–Crippen MR) is 92.8 cm³/mol. The molecular weight excluding hydrogens is 275 g/mol. The zero-order valence-electron chi connectivity index (χ0n) is 15.4. The van der Waals surface area contributed by atoms with E-state index >= 15 is 0 Å². The molecule has 5 heteroatoms. The fourth-order valence-corrected chi connectivity index (χ4v) is 2.30. The lowest BCUT2D eigenvalue weighted by Crippen LogP contribution is -2.41. The molecule has 0 radical (unpaired) electrons. The minimum Gasteiger partial charge on any atom is -0.399 e. The van der Waals surface area contributed by atoms with Gasteiger partial charge >= 0.3 is 7.12 Å². The van der Waals surface area contributed by atoms with E-state index in [0.29, 0.717) is 0 Å². The van der Waals surface area contributed by atoms with Crippen LogP contribution >= 0.6 is 0 Å². The molecule has 1 aliphatic heterocycles. The van der Waals surface area contributed by atoms with Gasteiger partial charge in [-0.2, -0.15) is 0 Å². The van der Waals surface area contributed by atoms with Crippen LogP contribution in [0.3, 0.4) is 0 Å². The SMILES string of the molecule is Cc1cc(N(C)C(C)(C)C)ncc1B1OC(C)(C)C(C)(C)O1. The Bertz CT molecular complexity index is 548. The number of pyridine rings is 1. The predicted octanol–water partition coefficient (Wildman–Crippen LogP) is 2.92. The van der Waals surface area contributed by atoms with Gasteiger partial charge in [0.15, 0.2) is 0 Å². The first-order valence-corrected chi connectivity index (χ1v) is 7.91. The van der Waals surface area contributed by atoms with Crippen molar-refractivity contribution in [3.05, 3.63) is 17.8 Å². The van der Waals surface area contributed by atoms with Crippen molar-refractivity contribution in [3.8, 4) is 0 Å². The van der Waals surface area contributed by atoms with E-state index in [-0.39, 0.29) is 23.9 Å². The average molecular weight is 304 g/mol. The minimum atomic E-state index is -0.355. The van der Waals surface area contributed by atoms with Crippen LogP contribution < -0.4 is 10.4 Å². The van der Waals surface area contributed by atoms with Crippen LogP contribution in [0, 0.1) is 6.92 Å². The molecule has 2 heterocycles. The summed E-state index contributed by atoms with van der Waals surface area (Å²) in [6, 6.07) is 2.10. The number of hydrogen-bond acceptors (Lipinski definition) is 4. The van der Waals surface area contributed by atoms with Crippen LogP contribution in [-0.4, -0.2) is 35.9 Å². The van der Waals surface area contributed by atoms with Gasteiger partial charge in [-0.15, -0.1) is 0 Å². The average Bonchev–Trinajstić information content (AvgIpc) is 2.55. The van der Waals surface area contributed by atoms with Gasteiger partial charge < -0.3 is 14.2 Å². The van der Waals surface area contributed by atoms with E-state index in [4.69, 9.17) is 9.31 Å². The van der Waals surface area contributed by atoms with Crippen LogP contribution in [-0.2, 0) is 9.31 Å². The lowest BCUT2D eigenvalue weighted by molar-refractivity contribution is 0.00578. The minimum absolute atomic E-state index is 0.0330. The summed E-state index contributed by atoms with van der Waals surface area (Å²) < 4.78 is 12.2. The van der Waals surface area contributed by atoms with E-state index in [1.165, 1.54) is 0 Å². The molecule has 0 bridgehead atoms. The molecule has 0 unspecified atom stereocenters. The van der Waals surface area contributed by atoms with Gasteiger partial charge in [-0.05, 0) is 67.0 Å². The first-order chi connectivity index (χ1) is 9.85. The van der Waals surface area contributed by atoms with Crippen LogP contribution in [0.15, 0.2) is 12.3 Å². The summed E-state index contributed by atoms with van der Waals surface area (Å²) >= 11 is 0. The lowest BCUT2D eigenvalue weighted by Gasteiger charge is -2.33. The summed E-state index contributed by atoms with van der Waals surface area (Å²) in [5.74, 6) is 0.963. The Hall–Kier alpha value is -1.07. The monoisotopic (exact) mass is 304 g/mol. The second-order valence-corrected chi connectivity index (χ2v) is 8.22. The highest BCUT2D eigenvalue weighted by Crippen LogP contribution is 2.36. The highest BCUT2D eigenvalue weighted by Gasteiger charge is 2.52. The van der Waals surface area contributed by atoms with Crippen molar-refractivity contribution in [2.45, 2.75) is 72.1 Å². The van der Waals surface area contributed by atoms with Crippen molar-refractivity contribution in [2.24, 2.45) is 0 Å². The largest absolute Gasteiger partial charge is 0.496 e. The normalized spacial score (nSPS) is 20.3. The Labute approximate surface area is 135 Å². The molecule has 0 amide bonds. The second kappa shape index (κ2) is 5.24. The zero-order chi connectivity index (χ0) is 16.9. The van der Waals surface area contributed by atoms with Crippen LogP contribution in [0.1, 0.15) is 54.0 Å². The molecule has 1 aromatic rings. The number of hydrogen-bond donors (Lipinski definition) is 0. The van der Waals surface area contributed by atoms with Crippen molar-refractivity contribution in [2.75, 3.05) is 11.9 Å². The second-order valence-electron chi connectivity index (χ2n) is 8.22. The number of rotatable bonds is 2. The van der Waals surface area contributed by atoms with E-state index in [0.717, 1.165) is 16.8 Å². The van der Waals surface area contributed by atoms with Crippen LogP contribution in [0.25, 0.3) is 0 Å². The van der Waals surface area contributed by atoms with E-state index in [1.54, 1.807) is 0 Å². The molecule has 122 valence electrons. The van der Waals surface area contributed by atoms with Gasteiger partial charge in [0.25, 0.3) is 0 Å². The summed E-state index contributed by atoms with van der Waals surface area (Å²) in [6.45, 7) is 16.9. The molecule has 0 saturated carbocycles. The number of aryl methyl sites for hydroxylation is 1. The summed E-state index contributed by atoms with van der Waals surface area (Å²) in [5, 5.41) is 0. The molecule has 1 saturated heterocycles. The fourth-order valence-electron chi connectivity index (χ4n) is 2.30. The standard InChI is InChI=1S/C17H29BN2O2/c1-12-10-14(20(9)15(2,3)4)19-11-13(12)18-21-16(5,6)17(7,8)22-18/h10-11H,1-9H3. The summed E-state index contributed by atoms with van der Waals surface area (Å²) in [6.07, 6.45) is 1.88. The number of nitrogens with zero attached hydrogens (tertiary/aromatic N) is 2. The number of anilines is 1. The lowest BCUT2D eigenvalue weighted by atomic mass is 9.77. The van der Waals surface area contributed by atoms with Gasteiger partial charge in [-0.1, -0.05) is 0 Å². The van der Waals surface area contributed by atoms with Crippen LogP contribution in [0.2, 0.25) is 0 Å². The summed E-state index contributed by atoms with van der Waals surface area (Å²) in [4.78, 5) is 6.79. The Morgan fingerprint density at radius 1 is 1.09 bits per heavy atom. The van der Waals surface area contributed by atoms with Gasteiger partial charge in [0, 0.05) is 24.2 Å². The summed E-state index contributed by atoms with van der Waals surface area (Å²) in [7, 11) is 1.71. The quantitative estimate of drug-likeness (QED) is 0.787. The molecule has 2 rings (SSSR count). The van der Waals surface area contributed by atoms with Gasteiger partial charge in [0.05, 0.1) is 11.2 Å². The molecule has 1 aromatic heterocycles. The third-order valence-electron chi connectivity index (χ3n) is 4.99. The first kappa shape index (κ1) is 17.3. The van der Waals surface area contributed by atoms with E-state index in [1.807, 2.05) is 6.20 Å². The molecule has 0 aliphatic carbocycles. The fraction of sp³-hybridized carbons (Fsp3) is 0.706. The first-order valence-electron chi connectivity index (χ1n) is 7.91. The Kier molecular flexibility index (Phi) is 4.12. The van der Waals surface area contributed by atoms with Crippen molar-refractivity contribution < 1.29 is 9.31 Å². The maximum Gasteiger partial charge on any atom is 0.496 e. The van der Waals surface area contributed by atoms with Gasteiger partial charge in [0.2, 0.25) is 0 Å². The molecular formula is C17H29BN2O2. The molecule has 4 nitrogen and oxygen atoms in total. The Morgan fingerprint density at radius 2 is 1.59 bits per heavy atom. The third-order valence-corrected chi connectivity index (χ3v) is 4.99. The smallest absolute Gasteiger partial charge is 0.399 e. The van der Waals surface area contributed by atoms with Gasteiger partial charge in [-0.25, -0.2) is 4.98 Å². The van der Waals surface area contributed by atoms with Crippen LogP contribution in [0.4, 0.5) is 5.82 Å². The molecule has 1 fully saturated rings. The number of aromatic nitrogens is 1. The molecule has 0 aromatic carbocycles. The van der Waals surface area contributed by atoms with Crippen molar-refractivity contribution in [3.63, 3.8) is 0 Å². The maximum atomic E-state index is 6.12. The molecule has 0 spiro atoms. The van der Waals surface area contributed by atoms with Crippen molar-refractivity contribution in [1.29, 1.82) is 0 Å². The zero-order valence-corrected chi connectivity index (χ0v) is 15.4. The Balaban J connectivity index is 2.29.